The summed E-state index contributed by atoms with van der Waals surface area (Å²) in [6.45, 7) is 8.43. The first-order valence-electron chi connectivity index (χ1n) is 12.1. The number of amides is 2. The number of methoxy groups -OCH3 is 2. The predicted molar refractivity (Wildman–Crippen MR) is 142 cm³/mol. The first-order valence-corrected chi connectivity index (χ1v) is 12.9. The van der Waals surface area contributed by atoms with Gasteiger partial charge in [0.05, 0.1) is 54.7 Å². The zero-order chi connectivity index (χ0) is 27.0. The number of fused-ring (bicyclic) bond motifs is 1. The van der Waals surface area contributed by atoms with Gasteiger partial charge in [-0.2, -0.15) is 5.10 Å². The number of nitrogens with one attached hydrogen (secondary N) is 3. The van der Waals surface area contributed by atoms with E-state index < -0.39 is 0 Å². The molecular weight excluding hydrogens is 508 g/mol. The molecule has 13 heteroatoms. The minimum atomic E-state index is -0.305. The lowest BCUT2D eigenvalue weighted by Gasteiger charge is -2.45. The minimum absolute atomic E-state index is 0.0906. The van der Waals surface area contributed by atoms with Crippen molar-refractivity contribution in [1.82, 2.24) is 40.7 Å². The number of hydrogen-bond acceptors (Lipinski definition) is 10. The molecular formula is C25H30N8O4S. The molecule has 5 rings (SSSR count). The topological polar surface area (TPSA) is 135 Å². The fraction of sp³-hybridized carbons (Fsp3) is 0.400. The van der Waals surface area contributed by atoms with Gasteiger partial charge in [0, 0.05) is 37.2 Å². The van der Waals surface area contributed by atoms with Gasteiger partial charge in [-0.05, 0) is 18.4 Å². The number of carbonyl (C=O) groups is 2. The summed E-state index contributed by atoms with van der Waals surface area (Å²) in [5.41, 5.74) is 2.59. The molecule has 2 aliphatic rings. The van der Waals surface area contributed by atoms with Crippen LogP contribution in [-0.2, 0) is 4.79 Å². The number of allylic oxidation sites excluding steroid dienone is 1. The van der Waals surface area contributed by atoms with Crippen LogP contribution in [0.3, 0.4) is 0 Å². The van der Waals surface area contributed by atoms with Gasteiger partial charge >= 0.3 is 0 Å². The molecule has 1 atom stereocenters. The third-order valence-corrected chi connectivity index (χ3v) is 7.47. The Bertz CT molecular complexity index is 1450. The van der Waals surface area contributed by atoms with Gasteiger partial charge in [0.25, 0.3) is 5.91 Å². The molecule has 38 heavy (non-hydrogen) atoms. The highest BCUT2D eigenvalue weighted by Crippen LogP contribution is 2.36. The van der Waals surface area contributed by atoms with Crippen LogP contribution in [0, 0.1) is 5.41 Å². The second kappa shape index (κ2) is 10.1. The third kappa shape index (κ3) is 5.20. The summed E-state index contributed by atoms with van der Waals surface area (Å²) in [5.74, 6) is 0.293. The maximum Gasteiger partial charge on any atom is 0.260 e. The van der Waals surface area contributed by atoms with Crippen LogP contribution in [0.15, 0.2) is 42.1 Å². The number of rotatable bonds is 8. The second-order valence-corrected chi connectivity index (χ2v) is 11.1. The van der Waals surface area contributed by atoms with E-state index in [0.29, 0.717) is 45.7 Å². The molecule has 1 unspecified atom stereocenters. The summed E-state index contributed by atoms with van der Waals surface area (Å²) in [5, 5.41) is 21.4. The largest absolute Gasteiger partial charge is 0.480 e. The zero-order valence-corrected chi connectivity index (χ0v) is 22.7. The van der Waals surface area contributed by atoms with E-state index in [-0.39, 0.29) is 23.3 Å². The Morgan fingerprint density at radius 2 is 2.00 bits per heavy atom. The van der Waals surface area contributed by atoms with Gasteiger partial charge in [0.15, 0.2) is 0 Å². The Hall–Kier alpha value is -3.97. The van der Waals surface area contributed by atoms with Crippen LogP contribution in [-0.4, -0.2) is 76.4 Å². The molecule has 3 N–H and O–H groups in total. The fourth-order valence-corrected chi connectivity index (χ4v) is 5.66. The lowest BCUT2D eigenvalue weighted by molar-refractivity contribution is -0.124. The highest BCUT2D eigenvalue weighted by atomic mass is 32.1. The summed E-state index contributed by atoms with van der Waals surface area (Å²) >= 11 is 1.37. The Morgan fingerprint density at radius 3 is 2.71 bits per heavy atom. The standard InChI is InChI=1S/C25H30N8O4S/c1-14-18(6-15(8-26-14)28-20(34)11-32-12-25(2,3)13-32)29-22(35)17-9-27-33-10-19(38-24(17)33)16-7-21(36-4)30-31-23(16)37-5/h6-10,14,26H,11-13H2,1-5H3,(H,28,34)(H,29,35). The monoisotopic (exact) mass is 538 g/mol. The van der Waals surface area contributed by atoms with Crippen molar-refractivity contribution in [1.29, 1.82) is 0 Å². The fourth-order valence-electron chi connectivity index (χ4n) is 4.59. The van der Waals surface area contributed by atoms with E-state index in [1.54, 1.807) is 29.1 Å². The van der Waals surface area contributed by atoms with Crippen LogP contribution in [0.25, 0.3) is 15.3 Å². The molecule has 0 bridgehead atoms. The number of thiazole rings is 1. The van der Waals surface area contributed by atoms with Gasteiger partial charge in [-0.15, -0.1) is 21.5 Å². The van der Waals surface area contributed by atoms with E-state index in [1.807, 2.05) is 6.92 Å². The predicted octanol–water partition coefficient (Wildman–Crippen LogP) is 1.77. The smallest absolute Gasteiger partial charge is 0.260 e. The maximum atomic E-state index is 13.3. The number of nitrogens with zero attached hydrogens (tertiary/aromatic N) is 5. The van der Waals surface area contributed by atoms with E-state index in [2.05, 4.69) is 50.0 Å². The second-order valence-electron chi connectivity index (χ2n) is 10.1. The Morgan fingerprint density at radius 1 is 1.21 bits per heavy atom. The van der Waals surface area contributed by atoms with Crippen LogP contribution in [0.4, 0.5) is 0 Å². The van der Waals surface area contributed by atoms with Crippen LogP contribution in [0.1, 0.15) is 31.1 Å². The number of hydrogen-bond donors (Lipinski definition) is 3. The van der Waals surface area contributed by atoms with Gasteiger partial charge in [0.1, 0.15) is 4.83 Å². The Labute approximate surface area is 223 Å². The molecule has 0 aromatic carbocycles. The summed E-state index contributed by atoms with van der Waals surface area (Å²) in [6, 6.07) is 1.57. The zero-order valence-electron chi connectivity index (χ0n) is 21.9. The molecule has 3 aromatic heterocycles. The number of likely N-dealkylation sites (tertiary alicyclic amines) is 1. The molecule has 12 nitrogen and oxygen atoms in total. The SMILES string of the molecule is COc1cc(-c2cn3ncc(C(=O)NC4=CC(NC(=O)CN5CC(C)(C)C5)=CNC4C)c3s2)c(OC)nn1. The summed E-state index contributed by atoms with van der Waals surface area (Å²) in [6.07, 6.45) is 6.85. The van der Waals surface area contributed by atoms with Crippen molar-refractivity contribution >= 4 is 28.0 Å². The maximum absolute atomic E-state index is 13.3. The molecule has 1 fully saturated rings. The van der Waals surface area contributed by atoms with Gasteiger partial charge in [-0.25, -0.2) is 4.52 Å². The van der Waals surface area contributed by atoms with Gasteiger partial charge in [-0.1, -0.05) is 13.8 Å². The van der Waals surface area contributed by atoms with Crippen LogP contribution < -0.4 is 25.4 Å². The van der Waals surface area contributed by atoms with Crippen molar-refractivity contribution in [2.75, 3.05) is 33.9 Å². The van der Waals surface area contributed by atoms with E-state index >= 15 is 0 Å². The van der Waals surface area contributed by atoms with E-state index in [9.17, 15) is 9.59 Å². The number of dihydropyridines is 1. The van der Waals surface area contributed by atoms with Crippen LogP contribution >= 0.6 is 11.3 Å². The molecule has 3 aromatic rings. The molecule has 2 aliphatic heterocycles. The van der Waals surface area contributed by atoms with Crippen LogP contribution in [0.5, 0.6) is 11.8 Å². The third-order valence-electron chi connectivity index (χ3n) is 6.32. The van der Waals surface area contributed by atoms with Crippen molar-refractivity contribution in [3.8, 4) is 22.2 Å². The first-order chi connectivity index (χ1) is 18.2. The Balaban J connectivity index is 1.30. The molecule has 0 radical (unpaired) electrons. The molecule has 0 spiro atoms. The average molecular weight is 539 g/mol. The molecule has 2 amide bonds. The summed E-state index contributed by atoms with van der Waals surface area (Å²) in [7, 11) is 3.03. The van der Waals surface area contributed by atoms with Crippen LogP contribution in [0.2, 0.25) is 0 Å². The van der Waals surface area contributed by atoms with Crippen molar-refractivity contribution < 1.29 is 19.1 Å². The molecule has 200 valence electrons. The van der Waals surface area contributed by atoms with Crippen molar-refractivity contribution in [3.05, 3.63) is 47.7 Å². The quantitative estimate of drug-likeness (QED) is 0.392. The van der Waals surface area contributed by atoms with Crippen molar-refractivity contribution in [2.45, 2.75) is 26.8 Å². The molecule has 5 heterocycles. The molecule has 0 aliphatic carbocycles. The summed E-state index contributed by atoms with van der Waals surface area (Å²) < 4.78 is 12.2. The van der Waals surface area contributed by atoms with Gasteiger partial charge in [0.2, 0.25) is 17.7 Å². The van der Waals surface area contributed by atoms with E-state index in [0.717, 1.165) is 18.0 Å². The van der Waals surface area contributed by atoms with E-state index in [1.165, 1.54) is 31.8 Å². The van der Waals surface area contributed by atoms with Gasteiger partial charge < -0.3 is 25.4 Å². The summed E-state index contributed by atoms with van der Waals surface area (Å²) in [4.78, 5) is 29.3. The number of ether oxygens (including phenoxy) is 2. The lowest BCUT2D eigenvalue weighted by Crippen LogP contribution is -2.55. The average Bonchev–Trinajstić information content (AvgIpc) is 3.45. The molecule has 0 saturated carbocycles. The lowest BCUT2D eigenvalue weighted by atomic mass is 9.84. The number of aromatic nitrogens is 4. The first kappa shape index (κ1) is 25.7. The highest BCUT2D eigenvalue weighted by Gasteiger charge is 2.35. The molecule has 1 saturated heterocycles. The number of carbonyl (C=O) groups excluding carboxylic acids is 2. The highest BCUT2D eigenvalue weighted by molar-refractivity contribution is 7.21. The minimum Gasteiger partial charge on any atom is -0.480 e. The van der Waals surface area contributed by atoms with Gasteiger partial charge in [-0.3, -0.25) is 14.5 Å². The van der Waals surface area contributed by atoms with Crippen molar-refractivity contribution in [3.63, 3.8) is 0 Å². The van der Waals surface area contributed by atoms with E-state index in [4.69, 9.17) is 9.47 Å². The normalized spacial score (nSPS) is 18.6. The van der Waals surface area contributed by atoms with Crippen molar-refractivity contribution in [2.24, 2.45) is 5.41 Å². The Kier molecular flexibility index (Phi) is 6.80.